The van der Waals surface area contributed by atoms with Gasteiger partial charge in [0.2, 0.25) is 5.76 Å². The first kappa shape index (κ1) is 21.8. The van der Waals surface area contributed by atoms with Crippen molar-refractivity contribution in [2.75, 3.05) is 14.2 Å². The Kier molecular flexibility index (Phi) is 5.81. The summed E-state index contributed by atoms with van der Waals surface area (Å²) < 4.78 is 12.4. The molecule has 0 N–H and O–H groups in total. The smallest absolute Gasteiger partial charge is 0.373 e. The highest BCUT2D eigenvalue weighted by Crippen LogP contribution is 2.35. The van der Waals surface area contributed by atoms with Gasteiger partial charge in [-0.25, -0.2) is 9.79 Å². The van der Waals surface area contributed by atoms with Crippen LogP contribution in [0.15, 0.2) is 87.2 Å². The third-order valence-corrected chi connectivity index (χ3v) is 6.53. The minimum atomic E-state index is -0.511. The van der Waals surface area contributed by atoms with Crippen molar-refractivity contribution in [1.29, 1.82) is 0 Å². The summed E-state index contributed by atoms with van der Waals surface area (Å²) in [5, 5.41) is 1.65. The monoisotopic (exact) mass is 471 g/mol. The van der Waals surface area contributed by atoms with E-state index in [-0.39, 0.29) is 11.7 Å². The molecule has 0 unspecified atom stereocenters. The average molecular weight is 472 g/mol. The molecule has 0 atom stereocenters. The molecular formula is C26H21N3O4S. The zero-order valence-corrected chi connectivity index (χ0v) is 19.4. The fourth-order valence-corrected chi connectivity index (χ4v) is 4.75. The second-order valence-electron chi connectivity index (χ2n) is 7.69. The van der Waals surface area contributed by atoms with E-state index in [1.54, 1.807) is 24.1 Å². The van der Waals surface area contributed by atoms with Crippen molar-refractivity contribution >= 4 is 51.5 Å². The summed E-state index contributed by atoms with van der Waals surface area (Å²) >= 11 is 1.36. The number of hydrogen-bond acceptors (Lipinski definition) is 6. The fraction of sp³-hybridized carbons (Fsp3) is 0.115. The SMILES string of the molecule is COC(=O)c1ccc(Cn2cc(/C=C3\SC(=Nc4ccccc4)N(C)C3=O)c3ccccc32)o1. The molecule has 0 saturated carbocycles. The number of furan rings is 1. The first-order valence-electron chi connectivity index (χ1n) is 10.6. The zero-order chi connectivity index (χ0) is 23.7. The molecule has 0 aliphatic carbocycles. The summed E-state index contributed by atoms with van der Waals surface area (Å²) in [5.41, 5.74) is 2.71. The van der Waals surface area contributed by atoms with E-state index in [0.29, 0.717) is 22.4 Å². The van der Waals surface area contributed by atoms with Crippen LogP contribution in [0, 0.1) is 0 Å². The molecule has 1 amide bonds. The van der Waals surface area contributed by atoms with E-state index >= 15 is 0 Å². The van der Waals surface area contributed by atoms with Crippen LogP contribution >= 0.6 is 11.8 Å². The van der Waals surface area contributed by atoms with Crippen LogP contribution in [0.1, 0.15) is 21.9 Å². The van der Waals surface area contributed by atoms with E-state index < -0.39 is 5.97 Å². The van der Waals surface area contributed by atoms with Crippen molar-refractivity contribution in [3.8, 4) is 0 Å². The van der Waals surface area contributed by atoms with Crippen LogP contribution in [0.2, 0.25) is 0 Å². The maximum absolute atomic E-state index is 12.9. The van der Waals surface area contributed by atoms with Crippen LogP contribution < -0.4 is 0 Å². The van der Waals surface area contributed by atoms with Crippen molar-refractivity contribution in [3.63, 3.8) is 0 Å². The topological polar surface area (TPSA) is 77.0 Å². The number of para-hydroxylation sites is 2. The summed E-state index contributed by atoms with van der Waals surface area (Å²) in [6.07, 6.45) is 3.88. The van der Waals surface area contributed by atoms with Gasteiger partial charge in [0.1, 0.15) is 5.76 Å². The summed E-state index contributed by atoms with van der Waals surface area (Å²) in [6, 6.07) is 20.9. The molecule has 2 aromatic carbocycles. The number of benzene rings is 2. The third kappa shape index (κ3) is 4.15. The highest BCUT2D eigenvalue weighted by Gasteiger charge is 2.30. The van der Waals surface area contributed by atoms with Crippen LogP contribution in [0.25, 0.3) is 17.0 Å². The van der Waals surface area contributed by atoms with Gasteiger partial charge in [0, 0.05) is 29.7 Å². The lowest BCUT2D eigenvalue weighted by Gasteiger charge is -2.06. The number of amidine groups is 1. The number of esters is 1. The molecule has 0 spiro atoms. The number of likely N-dealkylation sites (N-methyl/N-ethyl adjacent to an activating group) is 1. The maximum Gasteiger partial charge on any atom is 0.373 e. The molecule has 4 aromatic rings. The predicted molar refractivity (Wildman–Crippen MR) is 133 cm³/mol. The van der Waals surface area contributed by atoms with E-state index in [0.717, 1.165) is 22.2 Å². The normalized spacial score (nSPS) is 16.2. The Hall–Kier alpha value is -4.04. The first-order chi connectivity index (χ1) is 16.5. The molecule has 3 heterocycles. The summed E-state index contributed by atoms with van der Waals surface area (Å²) in [7, 11) is 3.05. The standard InChI is InChI=1S/C26H21N3O4S/c1-28-24(30)23(34-26(28)27-18-8-4-3-5-9-18)14-17-15-29(21-11-7-6-10-20(17)21)16-19-12-13-22(33-19)25(31)32-2/h3-15H,16H2,1-2H3/b23-14-,27-26?. The number of aromatic nitrogens is 1. The Morgan fingerprint density at radius 2 is 1.85 bits per heavy atom. The Balaban J connectivity index is 1.47. The number of fused-ring (bicyclic) bond motifs is 1. The van der Waals surface area contributed by atoms with Gasteiger partial charge in [-0.1, -0.05) is 36.4 Å². The molecule has 1 aliphatic heterocycles. The second kappa shape index (κ2) is 9.07. The number of ether oxygens (including phenoxy) is 1. The third-order valence-electron chi connectivity index (χ3n) is 5.46. The number of amides is 1. The Bertz CT molecular complexity index is 1450. The number of carbonyl (C=O) groups is 2. The number of aliphatic imine (C=N–C) groups is 1. The molecule has 0 bridgehead atoms. The van der Waals surface area contributed by atoms with Crippen LogP contribution in [0.4, 0.5) is 5.69 Å². The van der Waals surface area contributed by atoms with Gasteiger partial charge in [0.25, 0.3) is 5.91 Å². The molecule has 34 heavy (non-hydrogen) atoms. The molecule has 1 fully saturated rings. The minimum Gasteiger partial charge on any atom is -0.463 e. The lowest BCUT2D eigenvalue weighted by molar-refractivity contribution is -0.121. The minimum absolute atomic E-state index is 0.0923. The largest absolute Gasteiger partial charge is 0.463 e. The summed E-state index contributed by atoms with van der Waals surface area (Å²) in [6.45, 7) is 0.433. The van der Waals surface area contributed by atoms with Crippen molar-refractivity contribution in [1.82, 2.24) is 9.47 Å². The quantitative estimate of drug-likeness (QED) is 0.291. The predicted octanol–water partition coefficient (Wildman–Crippen LogP) is 5.30. The number of hydrogen-bond donors (Lipinski definition) is 0. The van der Waals surface area contributed by atoms with Crippen LogP contribution in [-0.4, -0.2) is 40.7 Å². The average Bonchev–Trinajstić information content (AvgIpc) is 3.54. The van der Waals surface area contributed by atoms with E-state index in [2.05, 4.69) is 4.99 Å². The number of nitrogens with zero attached hydrogens (tertiary/aromatic N) is 3. The first-order valence-corrected chi connectivity index (χ1v) is 11.4. The molecule has 0 radical (unpaired) electrons. The summed E-state index contributed by atoms with van der Waals surface area (Å²) in [4.78, 5) is 31.4. The van der Waals surface area contributed by atoms with Crippen molar-refractivity contribution in [2.45, 2.75) is 6.54 Å². The molecule has 2 aromatic heterocycles. The van der Waals surface area contributed by atoms with Crippen LogP contribution in [0.5, 0.6) is 0 Å². The van der Waals surface area contributed by atoms with Gasteiger partial charge in [0.05, 0.1) is 24.2 Å². The number of carbonyl (C=O) groups excluding carboxylic acids is 2. The number of thioether (sulfide) groups is 1. The molecular weight excluding hydrogens is 450 g/mol. The van der Waals surface area contributed by atoms with Crippen molar-refractivity contribution in [3.05, 3.63) is 94.9 Å². The lowest BCUT2D eigenvalue weighted by atomic mass is 10.1. The van der Waals surface area contributed by atoms with E-state index in [9.17, 15) is 9.59 Å². The van der Waals surface area contributed by atoms with Gasteiger partial charge in [-0.2, -0.15) is 0 Å². The van der Waals surface area contributed by atoms with Crippen molar-refractivity contribution in [2.24, 2.45) is 4.99 Å². The fourth-order valence-electron chi connectivity index (χ4n) is 3.77. The Morgan fingerprint density at radius 3 is 2.65 bits per heavy atom. The zero-order valence-electron chi connectivity index (χ0n) is 18.6. The maximum atomic E-state index is 12.9. The summed E-state index contributed by atoms with van der Waals surface area (Å²) in [5.74, 6) is 0.189. The molecule has 1 saturated heterocycles. The van der Waals surface area contributed by atoms with E-state index in [4.69, 9.17) is 9.15 Å². The van der Waals surface area contributed by atoms with Gasteiger partial charge in [0.15, 0.2) is 5.17 Å². The Morgan fingerprint density at radius 1 is 1.09 bits per heavy atom. The Labute approximate surface area is 200 Å². The molecule has 5 rings (SSSR count). The van der Waals surface area contributed by atoms with Gasteiger partial charge in [-0.3, -0.25) is 9.69 Å². The lowest BCUT2D eigenvalue weighted by Crippen LogP contribution is -2.23. The molecule has 170 valence electrons. The van der Waals surface area contributed by atoms with E-state index in [1.807, 2.05) is 71.4 Å². The molecule has 7 nitrogen and oxygen atoms in total. The van der Waals surface area contributed by atoms with Gasteiger partial charge >= 0.3 is 5.97 Å². The van der Waals surface area contributed by atoms with Crippen molar-refractivity contribution < 1.29 is 18.7 Å². The molecule has 8 heteroatoms. The van der Waals surface area contributed by atoms with Gasteiger partial charge in [-0.05, 0) is 48.2 Å². The second-order valence-corrected chi connectivity index (χ2v) is 8.70. The van der Waals surface area contributed by atoms with Crippen LogP contribution in [-0.2, 0) is 16.1 Å². The number of methoxy groups -OCH3 is 1. The van der Waals surface area contributed by atoms with Gasteiger partial charge in [-0.15, -0.1) is 0 Å². The highest BCUT2D eigenvalue weighted by atomic mass is 32.2. The molecule has 1 aliphatic rings. The van der Waals surface area contributed by atoms with Gasteiger partial charge < -0.3 is 13.7 Å². The highest BCUT2D eigenvalue weighted by molar-refractivity contribution is 8.18. The van der Waals surface area contributed by atoms with Crippen LogP contribution in [0.3, 0.4) is 0 Å². The van der Waals surface area contributed by atoms with E-state index in [1.165, 1.54) is 18.9 Å². The number of rotatable bonds is 5.